The lowest BCUT2D eigenvalue weighted by atomic mass is 10.0. The first kappa shape index (κ1) is 19.7. The van der Waals surface area contributed by atoms with E-state index in [1.165, 1.54) is 10.8 Å². The molecule has 0 radical (unpaired) electrons. The molecule has 5 rings (SSSR count). The molecule has 31 heavy (non-hydrogen) atoms. The summed E-state index contributed by atoms with van der Waals surface area (Å²) < 4.78 is 7.62. The predicted molar refractivity (Wildman–Crippen MR) is 127 cm³/mol. The van der Waals surface area contributed by atoms with Gasteiger partial charge in [0.25, 0.3) is 0 Å². The molecule has 1 fully saturated rings. The van der Waals surface area contributed by atoms with Crippen LogP contribution in [0.1, 0.15) is 23.5 Å². The maximum absolute atomic E-state index is 5.73. The molecule has 3 heterocycles. The van der Waals surface area contributed by atoms with E-state index < -0.39 is 0 Å². The van der Waals surface area contributed by atoms with Gasteiger partial charge >= 0.3 is 0 Å². The Balaban J connectivity index is 1.60. The molecule has 1 aliphatic heterocycles. The number of rotatable bonds is 6. The molecule has 1 N–H and O–H groups in total. The second-order valence-electron chi connectivity index (χ2n) is 7.65. The number of nitrogens with one attached hydrogen (secondary N) is 1. The first-order valence-corrected chi connectivity index (χ1v) is 10.8. The van der Waals surface area contributed by atoms with Crippen molar-refractivity contribution in [3.05, 3.63) is 96.6 Å². The van der Waals surface area contributed by atoms with Gasteiger partial charge < -0.3 is 19.5 Å². The molecule has 0 spiro atoms. The number of methoxy groups -OCH3 is 1. The van der Waals surface area contributed by atoms with Gasteiger partial charge in [-0.1, -0.05) is 36.4 Å². The van der Waals surface area contributed by atoms with Crippen molar-refractivity contribution in [2.45, 2.75) is 12.1 Å². The Kier molecular flexibility index (Phi) is 5.40. The topological polar surface area (TPSA) is 42.3 Å². The third kappa shape index (κ3) is 3.69. The number of fused-ring (bicyclic) bond motifs is 1. The standard InChI is InChI=1S/C25H24N4OS/c1-30-16-15-29-24(23(27-25(29)31)21-9-4-5-13-26-21)22-10-6-14-28(22)20-12-11-18-7-2-3-8-19(18)17-20/h2-14,17,23-24H,15-16H2,1H3,(H,27,31)/t23-,24+/m1/s1. The van der Waals surface area contributed by atoms with Crippen LogP contribution in [0.4, 0.5) is 0 Å². The lowest BCUT2D eigenvalue weighted by Gasteiger charge is -2.28. The summed E-state index contributed by atoms with van der Waals surface area (Å²) in [5.41, 5.74) is 3.26. The van der Waals surface area contributed by atoms with E-state index in [0.717, 1.165) is 22.2 Å². The van der Waals surface area contributed by atoms with Crippen molar-refractivity contribution in [3.8, 4) is 5.69 Å². The van der Waals surface area contributed by atoms with Gasteiger partial charge in [-0.3, -0.25) is 4.98 Å². The maximum Gasteiger partial charge on any atom is 0.170 e. The highest BCUT2D eigenvalue weighted by molar-refractivity contribution is 7.80. The summed E-state index contributed by atoms with van der Waals surface area (Å²) in [5, 5.41) is 6.68. The number of aromatic nitrogens is 2. The van der Waals surface area contributed by atoms with Gasteiger partial charge in [0, 0.05) is 37.4 Å². The summed E-state index contributed by atoms with van der Waals surface area (Å²) in [7, 11) is 1.72. The summed E-state index contributed by atoms with van der Waals surface area (Å²) >= 11 is 5.73. The molecular weight excluding hydrogens is 404 g/mol. The lowest BCUT2D eigenvalue weighted by molar-refractivity contribution is 0.163. The fourth-order valence-corrected chi connectivity index (χ4v) is 4.69. The second-order valence-corrected chi connectivity index (χ2v) is 8.03. The van der Waals surface area contributed by atoms with Gasteiger partial charge in [0.2, 0.25) is 0 Å². The van der Waals surface area contributed by atoms with E-state index in [4.69, 9.17) is 17.0 Å². The van der Waals surface area contributed by atoms with Gasteiger partial charge in [-0.2, -0.15) is 0 Å². The highest BCUT2D eigenvalue weighted by atomic mass is 32.1. The van der Waals surface area contributed by atoms with Crippen LogP contribution in [-0.2, 0) is 4.74 Å². The summed E-state index contributed by atoms with van der Waals surface area (Å²) in [5.74, 6) is 0. The summed E-state index contributed by atoms with van der Waals surface area (Å²) in [6, 6.07) is 25.2. The molecule has 6 heteroatoms. The molecule has 2 atom stereocenters. The number of nitrogens with zero attached hydrogens (tertiary/aromatic N) is 3. The van der Waals surface area contributed by atoms with E-state index in [1.54, 1.807) is 7.11 Å². The Morgan fingerprint density at radius 2 is 1.84 bits per heavy atom. The third-order valence-electron chi connectivity index (χ3n) is 5.83. The number of benzene rings is 2. The van der Waals surface area contributed by atoms with Crippen molar-refractivity contribution in [2.24, 2.45) is 0 Å². The van der Waals surface area contributed by atoms with Gasteiger partial charge in [-0.15, -0.1) is 0 Å². The van der Waals surface area contributed by atoms with Gasteiger partial charge in [-0.25, -0.2) is 0 Å². The smallest absolute Gasteiger partial charge is 0.170 e. The zero-order valence-corrected chi connectivity index (χ0v) is 18.1. The molecule has 5 nitrogen and oxygen atoms in total. The van der Waals surface area contributed by atoms with Crippen molar-refractivity contribution in [1.82, 2.24) is 19.8 Å². The Bertz CT molecular complexity index is 1210. The molecule has 156 valence electrons. The normalized spacial score (nSPS) is 18.5. The first-order chi connectivity index (χ1) is 15.3. The molecule has 0 aliphatic carbocycles. The Labute approximate surface area is 187 Å². The average molecular weight is 429 g/mol. The highest BCUT2D eigenvalue weighted by Crippen LogP contribution is 2.39. The van der Waals surface area contributed by atoms with Crippen LogP contribution in [0.3, 0.4) is 0 Å². The molecule has 0 saturated carbocycles. The molecule has 4 aromatic rings. The van der Waals surface area contributed by atoms with E-state index in [1.807, 2.05) is 18.3 Å². The van der Waals surface area contributed by atoms with Crippen LogP contribution in [0, 0.1) is 0 Å². The number of hydrogen-bond acceptors (Lipinski definition) is 3. The molecule has 0 unspecified atom stereocenters. The fourth-order valence-electron chi connectivity index (χ4n) is 4.35. The zero-order valence-electron chi connectivity index (χ0n) is 17.3. The summed E-state index contributed by atoms with van der Waals surface area (Å²) in [6.45, 7) is 1.31. The van der Waals surface area contributed by atoms with E-state index in [-0.39, 0.29) is 12.1 Å². The van der Waals surface area contributed by atoms with Crippen LogP contribution >= 0.6 is 12.2 Å². The van der Waals surface area contributed by atoms with Gasteiger partial charge in [0.15, 0.2) is 5.11 Å². The minimum Gasteiger partial charge on any atom is -0.383 e. The number of hydrogen-bond donors (Lipinski definition) is 1. The van der Waals surface area contributed by atoms with Crippen LogP contribution in [0.5, 0.6) is 0 Å². The monoisotopic (exact) mass is 428 g/mol. The molecule has 1 aliphatic rings. The van der Waals surface area contributed by atoms with Gasteiger partial charge in [0.1, 0.15) is 0 Å². The van der Waals surface area contributed by atoms with Crippen LogP contribution in [0.15, 0.2) is 85.2 Å². The molecule has 2 aromatic heterocycles. The SMILES string of the molecule is COCCN1C(=S)N[C@H](c2ccccn2)[C@@H]1c1cccn1-c1ccc2ccccc2c1. The van der Waals surface area contributed by atoms with E-state index in [9.17, 15) is 0 Å². The Morgan fingerprint density at radius 1 is 1.00 bits per heavy atom. The molecule has 0 bridgehead atoms. The summed E-state index contributed by atoms with van der Waals surface area (Å²) in [4.78, 5) is 6.84. The molecule has 0 amide bonds. The molecular formula is C25H24N4OS. The minimum absolute atomic E-state index is 0.000907. The zero-order chi connectivity index (χ0) is 21.2. The van der Waals surface area contributed by atoms with Crippen LogP contribution in [-0.4, -0.2) is 39.8 Å². The average Bonchev–Trinajstić information content (AvgIpc) is 3.42. The predicted octanol–water partition coefficient (Wildman–Crippen LogP) is 4.64. The number of thiocarbonyl (C=S) groups is 1. The van der Waals surface area contributed by atoms with Crippen molar-refractivity contribution in [2.75, 3.05) is 20.3 Å². The van der Waals surface area contributed by atoms with Crippen molar-refractivity contribution in [3.63, 3.8) is 0 Å². The first-order valence-electron chi connectivity index (χ1n) is 10.4. The fraction of sp³-hybridized carbons (Fsp3) is 0.200. The minimum atomic E-state index is -0.0420. The largest absolute Gasteiger partial charge is 0.383 e. The van der Waals surface area contributed by atoms with Gasteiger partial charge in [-0.05, 0) is 59.4 Å². The van der Waals surface area contributed by atoms with Crippen molar-refractivity contribution >= 4 is 28.1 Å². The number of pyridine rings is 1. The van der Waals surface area contributed by atoms with Crippen molar-refractivity contribution in [1.29, 1.82) is 0 Å². The highest BCUT2D eigenvalue weighted by Gasteiger charge is 2.41. The summed E-state index contributed by atoms with van der Waals surface area (Å²) in [6.07, 6.45) is 3.95. The third-order valence-corrected chi connectivity index (χ3v) is 6.18. The van der Waals surface area contributed by atoms with E-state index >= 15 is 0 Å². The molecule has 1 saturated heterocycles. The molecule has 2 aromatic carbocycles. The lowest BCUT2D eigenvalue weighted by Crippen LogP contribution is -2.33. The Morgan fingerprint density at radius 3 is 2.65 bits per heavy atom. The van der Waals surface area contributed by atoms with E-state index in [2.05, 4.69) is 86.6 Å². The quantitative estimate of drug-likeness (QED) is 0.453. The Hall–Kier alpha value is -3.22. The maximum atomic E-state index is 5.73. The van der Waals surface area contributed by atoms with Crippen LogP contribution in [0.2, 0.25) is 0 Å². The second kappa shape index (κ2) is 8.49. The number of ether oxygens (including phenoxy) is 1. The van der Waals surface area contributed by atoms with Crippen molar-refractivity contribution < 1.29 is 4.74 Å². The van der Waals surface area contributed by atoms with E-state index in [0.29, 0.717) is 13.2 Å². The van der Waals surface area contributed by atoms with Gasteiger partial charge in [0.05, 0.1) is 24.4 Å². The van der Waals surface area contributed by atoms with Crippen LogP contribution < -0.4 is 5.32 Å². The van der Waals surface area contributed by atoms with Crippen LogP contribution in [0.25, 0.3) is 16.5 Å².